The lowest BCUT2D eigenvalue weighted by Crippen LogP contribution is -2.55. The lowest BCUT2D eigenvalue weighted by Gasteiger charge is -2.40. The van der Waals surface area contributed by atoms with E-state index in [-0.39, 0.29) is 43.7 Å². The van der Waals surface area contributed by atoms with Crippen LogP contribution in [0.15, 0.2) is 47.4 Å². The molecular weight excluding hydrogens is 512 g/mol. The zero-order valence-electron chi connectivity index (χ0n) is 21.2. The van der Waals surface area contributed by atoms with E-state index < -0.39 is 40.2 Å². The number of aromatic hydroxyl groups is 1. The number of nitrogens with one attached hydrogen (secondary N) is 1. The van der Waals surface area contributed by atoms with Crippen LogP contribution in [0.25, 0.3) is 0 Å². The van der Waals surface area contributed by atoms with Crippen LogP contribution in [0.3, 0.4) is 0 Å². The van der Waals surface area contributed by atoms with E-state index in [1.165, 1.54) is 21.8 Å². The van der Waals surface area contributed by atoms with E-state index in [4.69, 9.17) is 4.74 Å². The number of aromatic nitrogens is 2. The van der Waals surface area contributed by atoms with E-state index in [1.807, 2.05) is 19.1 Å². The molecule has 2 N–H and O–H groups in total. The van der Waals surface area contributed by atoms with Crippen LogP contribution >= 0.6 is 0 Å². The largest absolute Gasteiger partial charge is 0.502 e. The van der Waals surface area contributed by atoms with Crippen molar-refractivity contribution in [3.8, 4) is 5.75 Å². The Bertz CT molecular complexity index is 1490. The summed E-state index contributed by atoms with van der Waals surface area (Å²) in [5.74, 6) is -3.96. The molecule has 5 rings (SSSR count). The van der Waals surface area contributed by atoms with Gasteiger partial charge in [0.2, 0.25) is 5.43 Å². The number of carbonyl (C=O) groups excluding carboxylic acids is 2. The van der Waals surface area contributed by atoms with Crippen molar-refractivity contribution < 1.29 is 28.2 Å². The molecular formula is C27H27F2N5O5. The Morgan fingerprint density at radius 2 is 2.05 bits per heavy atom. The third kappa shape index (κ3) is 5.46. The molecule has 2 aliphatic rings. The van der Waals surface area contributed by atoms with Gasteiger partial charge in [0.25, 0.3) is 11.8 Å². The van der Waals surface area contributed by atoms with Crippen LogP contribution in [-0.2, 0) is 17.8 Å². The minimum Gasteiger partial charge on any atom is -0.502 e. The number of benzene rings is 1. The fourth-order valence-electron chi connectivity index (χ4n) is 4.76. The molecule has 0 radical (unpaired) electrons. The van der Waals surface area contributed by atoms with E-state index >= 15 is 0 Å². The average molecular weight is 540 g/mol. The van der Waals surface area contributed by atoms with Gasteiger partial charge >= 0.3 is 0 Å². The Morgan fingerprint density at radius 1 is 1.23 bits per heavy atom. The van der Waals surface area contributed by atoms with Gasteiger partial charge in [0, 0.05) is 43.2 Å². The molecule has 12 heteroatoms. The number of nitrogens with zero attached hydrogens (tertiary/aromatic N) is 4. The number of carbonyl (C=O) groups is 2. The lowest BCUT2D eigenvalue weighted by molar-refractivity contribution is 0.0455. The number of amides is 2. The van der Waals surface area contributed by atoms with Crippen LogP contribution in [-0.4, -0.2) is 57.4 Å². The van der Waals surface area contributed by atoms with E-state index in [9.17, 15) is 28.3 Å². The zero-order valence-corrected chi connectivity index (χ0v) is 21.2. The van der Waals surface area contributed by atoms with Crippen LogP contribution < -0.4 is 15.8 Å². The van der Waals surface area contributed by atoms with Gasteiger partial charge in [-0.3, -0.25) is 29.1 Å². The second-order valence-electron chi connectivity index (χ2n) is 9.57. The van der Waals surface area contributed by atoms with Gasteiger partial charge in [-0.1, -0.05) is 12.1 Å². The summed E-state index contributed by atoms with van der Waals surface area (Å²) in [5, 5.41) is 15.0. The van der Waals surface area contributed by atoms with Crippen LogP contribution in [0.5, 0.6) is 5.75 Å². The molecule has 0 spiro atoms. The Labute approximate surface area is 222 Å². The molecule has 10 nitrogen and oxygen atoms in total. The summed E-state index contributed by atoms with van der Waals surface area (Å²) in [4.78, 5) is 45.4. The first-order valence-electron chi connectivity index (χ1n) is 12.5. The van der Waals surface area contributed by atoms with E-state index in [2.05, 4.69) is 10.3 Å². The van der Waals surface area contributed by atoms with Gasteiger partial charge in [0.05, 0.1) is 18.3 Å². The second-order valence-corrected chi connectivity index (χ2v) is 9.57. The highest BCUT2D eigenvalue weighted by Gasteiger charge is 2.36. The zero-order chi connectivity index (χ0) is 27.7. The summed E-state index contributed by atoms with van der Waals surface area (Å²) in [6, 6.07) is 8.41. The third-order valence-electron chi connectivity index (χ3n) is 6.73. The molecule has 204 valence electrons. The number of fused-ring (bicyclic) bond motifs is 1. The van der Waals surface area contributed by atoms with Gasteiger partial charge in [0.1, 0.15) is 23.9 Å². The molecule has 0 aliphatic carbocycles. The van der Waals surface area contributed by atoms with E-state index in [0.29, 0.717) is 18.4 Å². The SMILES string of the molecule is Cc1cccc(CN2CN(C[C@@H]3CCCO3)C(=O)c3c(O)c(=O)c(C(=O)NCc4ccc(F)cc4F)cn32)n1. The van der Waals surface area contributed by atoms with Crippen molar-refractivity contribution in [2.45, 2.75) is 39.0 Å². The number of hydrogen-bond acceptors (Lipinski definition) is 7. The van der Waals surface area contributed by atoms with Gasteiger partial charge in [-0.15, -0.1) is 0 Å². The minimum absolute atomic E-state index is 0.0131. The van der Waals surface area contributed by atoms with Gasteiger partial charge < -0.3 is 20.1 Å². The molecule has 1 atom stereocenters. The van der Waals surface area contributed by atoms with Crippen molar-refractivity contribution >= 4 is 11.8 Å². The highest BCUT2D eigenvalue weighted by Crippen LogP contribution is 2.24. The van der Waals surface area contributed by atoms with Crippen molar-refractivity contribution in [2.24, 2.45) is 0 Å². The van der Waals surface area contributed by atoms with Crippen LogP contribution in [0.1, 0.15) is 50.6 Å². The lowest BCUT2D eigenvalue weighted by atomic mass is 10.1. The highest BCUT2D eigenvalue weighted by atomic mass is 19.1. The number of aryl methyl sites for hydroxylation is 1. The van der Waals surface area contributed by atoms with Crippen LogP contribution in [0.4, 0.5) is 8.78 Å². The van der Waals surface area contributed by atoms with Crippen LogP contribution in [0.2, 0.25) is 0 Å². The standard InChI is InChI=1S/C27H27F2N5O5/c1-16-4-2-5-19(31-16)12-33-15-32(13-20-6-3-9-39-20)27(38)23-25(36)24(35)21(14-34(23)33)26(37)30-11-17-7-8-18(28)10-22(17)29/h2,4-5,7-8,10,14,20,36H,3,6,9,11-13,15H2,1H3,(H,30,37)/t20-/m0/s1. The van der Waals surface area contributed by atoms with Gasteiger partial charge in [-0.25, -0.2) is 8.78 Å². The van der Waals surface area contributed by atoms with Crippen molar-refractivity contribution in [3.05, 3.63) is 92.7 Å². The number of rotatable bonds is 7. The molecule has 4 heterocycles. The molecule has 2 aliphatic heterocycles. The summed E-state index contributed by atoms with van der Waals surface area (Å²) in [6.45, 7) is 2.69. The summed E-state index contributed by atoms with van der Waals surface area (Å²) >= 11 is 0. The predicted molar refractivity (Wildman–Crippen MR) is 136 cm³/mol. The van der Waals surface area contributed by atoms with Gasteiger partial charge in [0.15, 0.2) is 11.4 Å². The smallest absolute Gasteiger partial charge is 0.277 e. The topological polar surface area (TPSA) is 117 Å². The Hall–Kier alpha value is -4.32. The molecule has 1 fully saturated rings. The normalized spacial score (nSPS) is 16.9. The van der Waals surface area contributed by atoms with Crippen molar-refractivity contribution in [2.75, 3.05) is 24.8 Å². The molecule has 39 heavy (non-hydrogen) atoms. The maximum Gasteiger partial charge on any atom is 0.277 e. The van der Waals surface area contributed by atoms with Crippen molar-refractivity contribution in [3.63, 3.8) is 0 Å². The quantitative estimate of drug-likeness (QED) is 0.473. The second kappa shape index (κ2) is 10.8. The highest BCUT2D eigenvalue weighted by molar-refractivity contribution is 5.99. The van der Waals surface area contributed by atoms with Crippen molar-refractivity contribution in [1.82, 2.24) is 19.9 Å². The number of ether oxygens (including phenoxy) is 1. The molecule has 0 bridgehead atoms. The summed E-state index contributed by atoms with van der Waals surface area (Å²) in [7, 11) is 0. The number of hydrogen-bond donors (Lipinski definition) is 2. The molecule has 3 aromatic rings. The first kappa shape index (κ1) is 26.3. The maximum atomic E-state index is 14.0. The average Bonchev–Trinajstić information content (AvgIpc) is 3.41. The Morgan fingerprint density at radius 3 is 2.77 bits per heavy atom. The molecule has 1 saturated heterocycles. The predicted octanol–water partition coefficient (Wildman–Crippen LogP) is 2.20. The molecule has 0 unspecified atom stereocenters. The first-order valence-corrected chi connectivity index (χ1v) is 12.5. The van der Waals surface area contributed by atoms with Crippen LogP contribution in [0, 0.1) is 18.6 Å². The Kier molecular flexibility index (Phi) is 7.29. The molecule has 0 saturated carbocycles. The summed E-state index contributed by atoms with van der Waals surface area (Å²) < 4.78 is 34.2. The van der Waals surface area contributed by atoms with E-state index in [1.54, 1.807) is 11.1 Å². The number of halogens is 2. The number of pyridine rings is 2. The first-order chi connectivity index (χ1) is 18.7. The maximum absolute atomic E-state index is 14.0. The Balaban J connectivity index is 1.48. The summed E-state index contributed by atoms with van der Waals surface area (Å²) in [5.41, 5.74) is -0.297. The summed E-state index contributed by atoms with van der Waals surface area (Å²) in [6.07, 6.45) is 2.69. The fourth-order valence-corrected chi connectivity index (χ4v) is 4.76. The fraction of sp³-hybridized carbons (Fsp3) is 0.333. The monoisotopic (exact) mass is 539 g/mol. The molecule has 2 amide bonds. The van der Waals surface area contributed by atoms with Gasteiger partial charge in [-0.05, 0) is 38.0 Å². The van der Waals surface area contributed by atoms with E-state index in [0.717, 1.165) is 24.6 Å². The molecule has 2 aromatic heterocycles. The minimum atomic E-state index is -1.04. The van der Waals surface area contributed by atoms with Crippen molar-refractivity contribution in [1.29, 1.82) is 0 Å². The third-order valence-corrected chi connectivity index (χ3v) is 6.73. The van der Waals surface area contributed by atoms with Gasteiger partial charge in [-0.2, -0.15) is 0 Å². The molecule has 1 aromatic carbocycles.